The summed E-state index contributed by atoms with van der Waals surface area (Å²) in [6.45, 7) is 0.756. The van der Waals surface area contributed by atoms with Crippen molar-refractivity contribution in [1.82, 2.24) is 24.5 Å². The summed E-state index contributed by atoms with van der Waals surface area (Å²) in [7, 11) is 0. The average molecular weight is 466 g/mol. The number of carboxylic acid groups (broad SMARTS) is 1. The van der Waals surface area contributed by atoms with Gasteiger partial charge in [-0.2, -0.15) is 0 Å². The lowest BCUT2D eigenvalue weighted by atomic mass is 9.92. The molecule has 1 saturated carbocycles. The Morgan fingerprint density at radius 3 is 2.50 bits per heavy atom. The number of nitrogens with one attached hydrogen (secondary N) is 3. The third-order valence-corrected chi connectivity index (χ3v) is 6.27. The first-order valence-corrected chi connectivity index (χ1v) is 11.3. The number of pyridine rings is 1. The van der Waals surface area contributed by atoms with E-state index in [1.807, 2.05) is 6.07 Å². The number of hydrogen-bond acceptors (Lipinski definition) is 8. The summed E-state index contributed by atoms with van der Waals surface area (Å²) in [6.07, 6.45) is 7.52. The van der Waals surface area contributed by atoms with E-state index in [4.69, 9.17) is 10.8 Å². The maximum atomic E-state index is 13.0. The zero-order valence-electron chi connectivity index (χ0n) is 18.5. The zero-order chi connectivity index (χ0) is 23.7. The van der Waals surface area contributed by atoms with Crippen LogP contribution in [0.4, 0.5) is 22.0 Å². The summed E-state index contributed by atoms with van der Waals surface area (Å²) < 4.78 is 1.52. The predicted molar refractivity (Wildman–Crippen MR) is 126 cm³/mol. The van der Waals surface area contributed by atoms with Crippen LogP contribution >= 0.6 is 0 Å². The van der Waals surface area contributed by atoms with Crippen molar-refractivity contribution in [3.05, 3.63) is 42.5 Å². The molecule has 0 aromatic carbocycles. The van der Waals surface area contributed by atoms with Crippen LogP contribution in [-0.4, -0.2) is 72.8 Å². The van der Waals surface area contributed by atoms with Gasteiger partial charge in [0.2, 0.25) is 0 Å². The van der Waals surface area contributed by atoms with Crippen LogP contribution in [0.15, 0.2) is 36.8 Å². The normalized spacial score (nSPS) is 20.6. The largest absolute Gasteiger partial charge is 0.465 e. The van der Waals surface area contributed by atoms with Crippen LogP contribution < -0.4 is 21.7 Å². The van der Waals surface area contributed by atoms with Crippen LogP contribution in [0.3, 0.4) is 0 Å². The second-order valence-electron chi connectivity index (χ2n) is 8.80. The Hall–Kier alpha value is -3.93. The Morgan fingerprint density at radius 2 is 1.79 bits per heavy atom. The van der Waals surface area contributed by atoms with Gasteiger partial charge < -0.3 is 31.7 Å². The van der Waals surface area contributed by atoms with Gasteiger partial charge in [-0.25, -0.2) is 14.3 Å². The summed E-state index contributed by atoms with van der Waals surface area (Å²) in [5, 5.41) is 23.5. The SMILES string of the molecule is NC1CCC(Nc2cc(NC3CN(C(=O)O)C3)c3ncc(C(=O)Nc4ccncc4)n3n2)CC1. The molecule has 0 spiro atoms. The number of nitrogens with zero attached hydrogens (tertiary/aromatic N) is 5. The fourth-order valence-electron chi connectivity index (χ4n) is 4.35. The molecule has 12 heteroatoms. The quantitative estimate of drug-likeness (QED) is 0.365. The van der Waals surface area contributed by atoms with Gasteiger partial charge in [0.15, 0.2) is 11.3 Å². The van der Waals surface area contributed by atoms with E-state index in [1.54, 1.807) is 24.5 Å². The van der Waals surface area contributed by atoms with Crippen LogP contribution in [0, 0.1) is 0 Å². The first-order valence-electron chi connectivity index (χ1n) is 11.3. The van der Waals surface area contributed by atoms with Gasteiger partial charge in [0.05, 0.1) is 17.9 Å². The predicted octanol–water partition coefficient (Wildman–Crippen LogP) is 1.83. The van der Waals surface area contributed by atoms with Gasteiger partial charge in [-0.3, -0.25) is 9.78 Å². The molecule has 12 nitrogen and oxygen atoms in total. The molecule has 3 aromatic rings. The van der Waals surface area contributed by atoms with Crippen LogP contribution in [0.2, 0.25) is 0 Å². The summed E-state index contributed by atoms with van der Waals surface area (Å²) in [5.74, 6) is 0.263. The number of amides is 2. The topological polar surface area (TPSA) is 163 Å². The molecule has 4 heterocycles. The van der Waals surface area contributed by atoms with E-state index in [2.05, 4.69) is 31.0 Å². The van der Waals surface area contributed by atoms with Crippen molar-refractivity contribution in [1.29, 1.82) is 0 Å². The lowest BCUT2D eigenvalue weighted by molar-refractivity contribution is 0.101. The van der Waals surface area contributed by atoms with Gasteiger partial charge in [-0.05, 0) is 37.8 Å². The van der Waals surface area contributed by atoms with Crippen molar-refractivity contribution in [2.75, 3.05) is 29.0 Å². The molecule has 2 amide bonds. The number of nitrogens with two attached hydrogens (primary N) is 1. The van der Waals surface area contributed by atoms with Crippen molar-refractivity contribution in [2.24, 2.45) is 5.73 Å². The molecule has 178 valence electrons. The molecule has 0 unspecified atom stereocenters. The number of carbonyl (C=O) groups excluding carboxylic acids is 1. The third-order valence-electron chi connectivity index (χ3n) is 6.27. The Morgan fingerprint density at radius 1 is 1.06 bits per heavy atom. The van der Waals surface area contributed by atoms with Crippen LogP contribution in [0.1, 0.15) is 36.2 Å². The van der Waals surface area contributed by atoms with Gasteiger partial charge in [0, 0.05) is 49.3 Å². The highest BCUT2D eigenvalue weighted by Gasteiger charge is 2.31. The van der Waals surface area contributed by atoms with Crippen molar-refractivity contribution >= 4 is 34.8 Å². The van der Waals surface area contributed by atoms with Gasteiger partial charge in [-0.1, -0.05) is 0 Å². The van der Waals surface area contributed by atoms with E-state index in [9.17, 15) is 9.59 Å². The van der Waals surface area contributed by atoms with Gasteiger partial charge in [0.25, 0.3) is 5.91 Å². The highest BCUT2D eigenvalue weighted by Crippen LogP contribution is 2.26. The minimum atomic E-state index is -0.938. The molecule has 2 aliphatic rings. The van der Waals surface area contributed by atoms with Crippen molar-refractivity contribution in [2.45, 2.75) is 43.8 Å². The van der Waals surface area contributed by atoms with Crippen LogP contribution in [0.5, 0.6) is 0 Å². The molecule has 1 aliphatic heterocycles. The highest BCUT2D eigenvalue weighted by molar-refractivity contribution is 6.03. The number of fused-ring (bicyclic) bond motifs is 1. The molecule has 2 fully saturated rings. The second kappa shape index (κ2) is 9.14. The minimum absolute atomic E-state index is 0.0476. The minimum Gasteiger partial charge on any atom is -0.465 e. The van der Waals surface area contributed by atoms with E-state index in [0.717, 1.165) is 25.7 Å². The van der Waals surface area contributed by atoms with Crippen molar-refractivity contribution in [3.63, 3.8) is 0 Å². The first kappa shape index (κ1) is 21.9. The number of likely N-dealkylation sites (tertiary alicyclic amines) is 1. The Labute approximate surface area is 195 Å². The lowest BCUT2D eigenvalue weighted by Crippen LogP contribution is -2.56. The summed E-state index contributed by atoms with van der Waals surface area (Å²) in [6, 6.07) is 5.69. The van der Waals surface area contributed by atoms with Crippen molar-refractivity contribution < 1.29 is 14.7 Å². The molecule has 1 aliphatic carbocycles. The lowest BCUT2D eigenvalue weighted by Gasteiger charge is -2.38. The fourth-order valence-corrected chi connectivity index (χ4v) is 4.35. The van der Waals surface area contributed by atoms with Crippen LogP contribution in [0.25, 0.3) is 5.65 Å². The van der Waals surface area contributed by atoms with Crippen LogP contribution in [-0.2, 0) is 0 Å². The molecule has 0 bridgehead atoms. The Balaban J connectivity index is 1.43. The standard InChI is InChI=1S/C22H27N9O3/c23-13-1-3-14(4-2-13)27-19-9-17(26-16-11-30(12-16)22(33)34)20-25-10-18(31(20)29-19)21(32)28-15-5-7-24-8-6-15/h5-10,13-14,16,26H,1-4,11-12,23H2,(H,27,29)(H,33,34)(H,24,28,32). The van der Waals surface area contributed by atoms with E-state index in [1.165, 1.54) is 15.6 Å². The molecule has 34 heavy (non-hydrogen) atoms. The number of aromatic nitrogens is 4. The molecular weight excluding hydrogens is 438 g/mol. The maximum absolute atomic E-state index is 13.0. The maximum Gasteiger partial charge on any atom is 0.407 e. The number of carbonyl (C=O) groups is 2. The molecule has 0 atom stereocenters. The number of imidazole rings is 1. The molecule has 6 N–H and O–H groups in total. The zero-order valence-corrected chi connectivity index (χ0v) is 18.5. The number of hydrogen-bond donors (Lipinski definition) is 5. The van der Waals surface area contributed by atoms with Crippen molar-refractivity contribution in [3.8, 4) is 0 Å². The summed E-state index contributed by atoms with van der Waals surface area (Å²) >= 11 is 0. The highest BCUT2D eigenvalue weighted by atomic mass is 16.4. The average Bonchev–Trinajstić information content (AvgIpc) is 3.22. The molecule has 1 saturated heterocycles. The molecule has 5 rings (SSSR count). The monoisotopic (exact) mass is 465 g/mol. The van der Waals surface area contributed by atoms with Gasteiger partial charge >= 0.3 is 6.09 Å². The van der Waals surface area contributed by atoms with Gasteiger partial charge in [0.1, 0.15) is 5.82 Å². The first-order chi connectivity index (χ1) is 16.5. The smallest absolute Gasteiger partial charge is 0.407 e. The Kier molecular flexibility index (Phi) is 5.88. The van der Waals surface area contributed by atoms with E-state index >= 15 is 0 Å². The summed E-state index contributed by atoms with van der Waals surface area (Å²) in [5.41, 5.74) is 8.11. The van der Waals surface area contributed by atoms with E-state index in [0.29, 0.717) is 35.9 Å². The second-order valence-corrected chi connectivity index (χ2v) is 8.80. The Bertz CT molecular complexity index is 1190. The fraction of sp³-hybridized carbons (Fsp3) is 0.409. The number of anilines is 3. The number of rotatable bonds is 6. The molecular formula is C22H27N9O3. The van der Waals surface area contributed by atoms with Gasteiger partial charge in [-0.15, -0.1) is 5.10 Å². The molecule has 0 radical (unpaired) electrons. The van der Waals surface area contributed by atoms with E-state index < -0.39 is 6.09 Å². The summed E-state index contributed by atoms with van der Waals surface area (Å²) in [4.78, 5) is 33.8. The van der Waals surface area contributed by atoms with E-state index in [-0.39, 0.29) is 29.7 Å². The third kappa shape index (κ3) is 4.57. The molecule has 3 aromatic heterocycles.